The first-order valence-electron chi connectivity index (χ1n) is 10.3. The Kier molecular flexibility index (Phi) is 7.19. The highest BCUT2D eigenvalue weighted by Gasteiger charge is 2.08. The predicted molar refractivity (Wildman–Crippen MR) is 119 cm³/mol. The van der Waals surface area contributed by atoms with Crippen LogP contribution in [-0.4, -0.2) is 0 Å². The van der Waals surface area contributed by atoms with Crippen LogP contribution in [0.2, 0.25) is 0 Å². The van der Waals surface area contributed by atoms with E-state index in [0.29, 0.717) is 5.56 Å². The first-order chi connectivity index (χ1) is 13.7. The van der Waals surface area contributed by atoms with Crippen LogP contribution in [-0.2, 0) is 12.8 Å². The minimum atomic E-state index is -0.172. The fourth-order valence-electron chi connectivity index (χ4n) is 3.44. The monoisotopic (exact) mass is 372 g/mol. The summed E-state index contributed by atoms with van der Waals surface area (Å²) in [6.07, 6.45) is 9.81. The molecule has 0 aliphatic rings. The fourth-order valence-corrected chi connectivity index (χ4v) is 3.44. The Labute approximate surface area is 168 Å². The van der Waals surface area contributed by atoms with Gasteiger partial charge in [-0.25, -0.2) is 4.39 Å². The van der Waals surface area contributed by atoms with Gasteiger partial charge in [0, 0.05) is 5.56 Å². The third-order valence-corrected chi connectivity index (χ3v) is 5.18. The average Bonchev–Trinajstić information content (AvgIpc) is 2.73. The van der Waals surface area contributed by atoms with Crippen LogP contribution in [0.3, 0.4) is 0 Å². The summed E-state index contributed by atoms with van der Waals surface area (Å²) in [6.45, 7) is 4.24. The van der Waals surface area contributed by atoms with Crippen molar-refractivity contribution >= 4 is 0 Å². The fraction of sp³-hybridized carbons (Fsp3) is 0.259. The summed E-state index contributed by atoms with van der Waals surface area (Å²) >= 11 is 0. The second-order valence-corrected chi connectivity index (χ2v) is 7.30. The van der Waals surface area contributed by atoms with Crippen LogP contribution in [0, 0.1) is 5.82 Å². The lowest BCUT2D eigenvalue weighted by atomic mass is 9.97. The number of rotatable bonds is 8. The van der Waals surface area contributed by atoms with E-state index in [1.54, 1.807) is 6.07 Å². The topological polar surface area (TPSA) is 0 Å². The Morgan fingerprint density at radius 2 is 1.36 bits per heavy atom. The van der Waals surface area contributed by atoms with Crippen LogP contribution in [0.5, 0.6) is 0 Å². The molecular formula is C27H29F. The van der Waals surface area contributed by atoms with Gasteiger partial charge in [0.05, 0.1) is 0 Å². The van der Waals surface area contributed by atoms with Crippen molar-refractivity contribution in [1.82, 2.24) is 0 Å². The zero-order chi connectivity index (χ0) is 19.8. The van der Waals surface area contributed by atoms with Crippen molar-refractivity contribution in [2.75, 3.05) is 0 Å². The largest absolute Gasteiger partial charge is 0.206 e. The third kappa shape index (κ3) is 5.19. The lowest BCUT2D eigenvalue weighted by Gasteiger charge is -2.09. The van der Waals surface area contributed by atoms with Gasteiger partial charge in [-0.15, -0.1) is 0 Å². The van der Waals surface area contributed by atoms with E-state index in [-0.39, 0.29) is 5.82 Å². The summed E-state index contributed by atoms with van der Waals surface area (Å²) in [5.41, 5.74) is 6.19. The molecule has 0 heterocycles. The Hall–Kier alpha value is -2.67. The molecular weight excluding hydrogens is 343 g/mol. The Morgan fingerprint density at radius 3 is 1.96 bits per heavy atom. The molecule has 0 unspecified atom stereocenters. The van der Waals surface area contributed by atoms with Gasteiger partial charge in [0.2, 0.25) is 0 Å². The zero-order valence-corrected chi connectivity index (χ0v) is 16.9. The summed E-state index contributed by atoms with van der Waals surface area (Å²) in [5, 5.41) is 0. The lowest BCUT2D eigenvalue weighted by molar-refractivity contribution is 0.632. The van der Waals surface area contributed by atoms with E-state index in [2.05, 4.69) is 55.5 Å². The minimum Gasteiger partial charge on any atom is -0.206 e. The van der Waals surface area contributed by atoms with Gasteiger partial charge in [-0.2, -0.15) is 0 Å². The number of unbranched alkanes of at least 4 members (excludes halogenated alkanes) is 1. The van der Waals surface area contributed by atoms with E-state index >= 15 is 0 Å². The van der Waals surface area contributed by atoms with Gasteiger partial charge in [-0.3, -0.25) is 0 Å². The first-order valence-corrected chi connectivity index (χ1v) is 10.3. The van der Waals surface area contributed by atoms with Gasteiger partial charge < -0.3 is 0 Å². The molecule has 0 saturated heterocycles. The van der Waals surface area contributed by atoms with E-state index in [0.717, 1.165) is 36.0 Å². The van der Waals surface area contributed by atoms with Gasteiger partial charge >= 0.3 is 0 Å². The summed E-state index contributed by atoms with van der Waals surface area (Å²) in [6, 6.07) is 22.3. The maximum atomic E-state index is 14.8. The molecule has 3 aromatic carbocycles. The van der Waals surface area contributed by atoms with Crippen molar-refractivity contribution < 1.29 is 4.39 Å². The number of allylic oxidation sites excluding steroid dienone is 2. The van der Waals surface area contributed by atoms with E-state index in [1.165, 1.54) is 24.0 Å². The SMILES string of the molecule is C/C=C/CCc1ccc(-c2ccc(-c3ccc(CCCC)cc3)cc2F)cc1. The molecule has 0 N–H and O–H groups in total. The van der Waals surface area contributed by atoms with Gasteiger partial charge in [0.1, 0.15) is 5.82 Å². The number of halogens is 1. The molecule has 0 spiro atoms. The number of aryl methyl sites for hydroxylation is 2. The maximum Gasteiger partial charge on any atom is 0.131 e. The third-order valence-electron chi connectivity index (χ3n) is 5.18. The molecule has 0 aliphatic heterocycles. The van der Waals surface area contributed by atoms with Crippen LogP contribution >= 0.6 is 0 Å². The molecule has 0 saturated carbocycles. The minimum absolute atomic E-state index is 0.172. The normalized spacial score (nSPS) is 11.2. The highest BCUT2D eigenvalue weighted by atomic mass is 19.1. The van der Waals surface area contributed by atoms with Gasteiger partial charge in [-0.05, 0) is 66.5 Å². The Morgan fingerprint density at radius 1 is 0.750 bits per heavy atom. The molecule has 144 valence electrons. The quantitative estimate of drug-likeness (QED) is 0.351. The molecule has 3 rings (SSSR count). The molecule has 0 atom stereocenters. The van der Waals surface area contributed by atoms with Crippen LogP contribution in [0.1, 0.15) is 44.2 Å². The van der Waals surface area contributed by atoms with Crippen LogP contribution in [0.25, 0.3) is 22.3 Å². The number of hydrogen-bond acceptors (Lipinski definition) is 0. The predicted octanol–water partition coefficient (Wildman–Crippen LogP) is 8.01. The van der Waals surface area contributed by atoms with E-state index in [4.69, 9.17) is 0 Å². The smallest absolute Gasteiger partial charge is 0.131 e. The molecule has 0 bridgehead atoms. The average molecular weight is 373 g/mol. The first kappa shape index (κ1) is 20.1. The summed E-state index contributed by atoms with van der Waals surface area (Å²) in [7, 11) is 0. The van der Waals surface area contributed by atoms with E-state index < -0.39 is 0 Å². The van der Waals surface area contributed by atoms with Crippen molar-refractivity contribution in [2.45, 2.75) is 46.0 Å². The van der Waals surface area contributed by atoms with E-state index in [1.807, 2.05) is 31.2 Å². The van der Waals surface area contributed by atoms with Crippen molar-refractivity contribution in [1.29, 1.82) is 0 Å². The van der Waals surface area contributed by atoms with Crippen LogP contribution < -0.4 is 0 Å². The summed E-state index contributed by atoms with van der Waals surface area (Å²) in [4.78, 5) is 0. The molecule has 0 aliphatic carbocycles. The Balaban J connectivity index is 1.75. The Bertz CT molecular complexity index is 902. The van der Waals surface area contributed by atoms with Crippen LogP contribution in [0.15, 0.2) is 78.9 Å². The molecule has 0 fully saturated rings. The lowest BCUT2D eigenvalue weighted by Crippen LogP contribution is -1.89. The maximum absolute atomic E-state index is 14.8. The van der Waals surface area contributed by atoms with Gasteiger partial charge in [0.25, 0.3) is 0 Å². The zero-order valence-electron chi connectivity index (χ0n) is 16.9. The van der Waals surface area contributed by atoms with Crippen molar-refractivity contribution in [3.63, 3.8) is 0 Å². The summed E-state index contributed by atoms with van der Waals surface area (Å²) in [5.74, 6) is -0.172. The molecule has 0 aromatic heterocycles. The van der Waals surface area contributed by atoms with Gasteiger partial charge in [0.15, 0.2) is 0 Å². The highest BCUT2D eigenvalue weighted by Crippen LogP contribution is 2.28. The molecule has 0 radical (unpaired) electrons. The molecule has 3 aromatic rings. The molecule has 0 amide bonds. The second-order valence-electron chi connectivity index (χ2n) is 7.30. The van der Waals surface area contributed by atoms with Crippen molar-refractivity contribution in [3.05, 3.63) is 95.8 Å². The number of hydrogen-bond donors (Lipinski definition) is 0. The van der Waals surface area contributed by atoms with Gasteiger partial charge in [-0.1, -0.05) is 86.2 Å². The molecule has 1 heteroatoms. The van der Waals surface area contributed by atoms with E-state index in [9.17, 15) is 4.39 Å². The molecule has 28 heavy (non-hydrogen) atoms. The number of benzene rings is 3. The summed E-state index contributed by atoms with van der Waals surface area (Å²) < 4.78 is 14.8. The standard InChI is InChI=1S/C27H29F/c1-3-5-7-9-22-12-16-24(17-13-22)26-19-18-25(20-27(26)28)23-14-10-21(11-15-23)8-6-4-2/h3,5,10-20H,4,6-9H2,1-2H3/b5-3+. The highest BCUT2D eigenvalue weighted by molar-refractivity contribution is 5.71. The molecule has 0 nitrogen and oxygen atoms in total. The van der Waals surface area contributed by atoms with Crippen molar-refractivity contribution in [3.8, 4) is 22.3 Å². The second kappa shape index (κ2) is 10.0. The van der Waals surface area contributed by atoms with Crippen LogP contribution in [0.4, 0.5) is 4.39 Å². The van der Waals surface area contributed by atoms with Crippen molar-refractivity contribution in [2.24, 2.45) is 0 Å².